The van der Waals surface area contributed by atoms with Gasteiger partial charge in [-0.15, -0.1) is 0 Å². The van der Waals surface area contributed by atoms with Crippen LogP contribution in [0.5, 0.6) is 0 Å². The molecule has 1 atom stereocenters. The van der Waals surface area contributed by atoms with E-state index in [1.165, 1.54) is 23.4 Å². The van der Waals surface area contributed by atoms with E-state index in [9.17, 15) is 20.0 Å². The molecule has 0 spiro atoms. The molecular formula is C17H23N5O3S. The van der Waals surface area contributed by atoms with Crippen LogP contribution in [0, 0.1) is 18.3 Å². The lowest BCUT2D eigenvalue weighted by Gasteiger charge is -2.43. The number of likely N-dealkylation sites (tertiary alicyclic amines) is 1. The van der Waals surface area contributed by atoms with Gasteiger partial charge in [-0.05, 0) is 31.3 Å². The molecular weight excluding hydrogens is 354 g/mol. The second kappa shape index (κ2) is 7.21. The van der Waals surface area contributed by atoms with Gasteiger partial charge in [-0.1, -0.05) is 0 Å². The lowest BCUT2D eigenvalue weighted by atomic mass is 9.91. The maximum absolute atomic E-state index is 12.9. The summed E-state index contributed by atoms with van der Waals surface area (Å²) in [5.41, 5.74) is -0.171. The largest absolute Gasteiger partial charge is 0.378 e. The van der Waals surface area contributed by atoms with Crippen LogP contribution in [-0.4, -0.2) is 76.0 Å². The average Bonchev–Trinajstić information content (AvgIpc) is 3.01. The van der Waals surface area contributed by atoms with Gasteiger partial charge in [0.05, 0.1) is 12.2 Å². The van der Waals surface area contributed by atoms with Gasteiger partial charge in [-0.25, -0.2) is 0 Å². The van der Waals surface area contributed by atoms with Crippen molar-refractivity contribution in [2.45, 2.75) is 32.3 Å². The Kier molecular flexibility index (Phi) is 5.16. The van der Waals surface area contributed by atoms with Gasteiger partial charge in [-0.2, -0.15) is 9.64 Å². The van der Waals surface area contributed by atoms with Crippen LogP contribution < -0.4 is 4.90 Å². The normalized spacial score (nSPS) is 23.7. The van der Waals surface area contributed by atoms with E-state index in [-0.39, 0.29) is 18.4 Å². The Morgan fingerprint density at radius 2 is 1.92 bits per heavy atom. The van der Waals surface area contributed by atoms with Crippen molar-refractivity contribution in [3.8, 4) is 6.07 Å². The molecule has 2 aliphatic rings. The molecule has 3 heterocycles. The standard InChI is InChI=1S/C17H23N5O3S/c1-12-14(10-18)15(26-19-12)20-6-8-21(9-7-20)16(24)17(25)4-3-5-22(11-17)13(2)23/h25H,3-9,11H2,1-2H3. The van der Waals surface area contributed by atoms with Gasteiger partial charge < -0.3 is 19.8 Å². The highest BCUT2D eigenvalue weighted by molar-refractivity contribution is 7.10. The lowest BCUT2D eigenvalue weighted by Crippen LogP contribution is -2.61. The number of hydrogen-bond donors (Lipinski definition) is 1. The summed E-state index contributed by atoms with van der Waals surface area (Å²) in [4.78, 5) is 29.7. The average molecular weight is 377 g/mol. The maximum atomic E-state index is 12.9. The van der Waals surface area contributed by atoms with Crippen molar-refractivity contribution in [1.29, 1.82) is 5.26 Å². The van der Waals surface area contributed by atoms with Crippen molar-refractivity contribution >= 4 is 28.3 Å². The number of aryl methyl sites for hydroxylation is 1. The number of carbonyl (C=O) groups excluding carboxylic acids is 2. The highest BCUT2D eigenvalue weighted by Crippen LogP contribution is 2.30. The number of nitriles is 1. The number of amides is 2. The van der Waals surface area contributed by atoms with Crippen LogP contribution >= 0.6 is 11.5 Å². The fraction of sp³-hybridized carbons (Fsp3) is 0.647. The Bertz CT molecular complexity index is 750. The van der Waals surface area contributed by atoms with Gasteiger partial charge in [0, 0.05) is 39.6 Å². The molecule has 0 aromatic carbocycles. The zero-order chi connectivity index (χ0) is 18.9. The molecule has 1 aromatic heterocycles. The molecule has 2 amide bonds. The molecule has 8 nitrogen and oxygen atoms in total. The Morgan fingerprint density at radius 3 is 2.54 bits per heavy atom. The van der Waals surface area contributed by atoms with E-state index >= 15 is 0 Å². The highest BCUT2D eigenvalue weighted by Gasteiger charge is 2.44. The summed E-state index contributed by atoms with van der Waals surface area (Å²) in [6.07, 6.45) is 0.996. The second-order valence-corrected chi connectivity index (χ2v) is 7.67. The number of carbonyl (C=O) groups is 2. The first kappa shape index (κ1) is 18.6. The molecule has 26 heavy (non-hydrogen) atoms. The molecule has 0 bridgehead atoms. The molecule has 3 rings (SSSR count). The number of hydrogen-bond acceptors (Lipinski definition) is 7. The number of aliphatic hydroxyl groups is 1. The molecule has 0 radical (unpaired) electrons. The zero-order valence-electron chi connectivity index (χ0n) is 15.1. The van der Waals surface area contributed by atoms with E-state index < -0.39 is 5.60 Å². The Hall–Kier alpha value is -2.18. The van der Waals surface area contributed by atoms with Crippen molar-refractivity contribution in [2.75, 3.05) is 44.2 Å². The van der Waals surface area contributed by atoms with Crippen LogP contribution in [0.2, 0.25) is 0 Å². The summed E-state index contributed by atoms with van der Waals surface area (Å²) in [5.74, 6) is -0.422. The molecule has 2 fully saturated rings. The number of rotatable bonds is 2. The minimum Gasteiger partial charge on any atom is -0.378 e. The molecule has 2 saturated heterocycles. The predicted molar refractivity (Wildman–Crippen MR) is 96.8 cm³/mol. The highest BCUT2D eigenvalue weighted by atomic mass is 32.1. The summed E-state index contributed by atoms with van der Waals surface area (Å²) in [7, 11) is 0. The number of piperidine rings is 1. The Labute approximate surface area is 156 Å². The topological polar surface area (TPSA) is 101 Å². The summed E-state index contributed by atoms with van der Waals surface area (Å²) < 4.78 is 4.25. The van der Waals surface area contributed by atoms with Crippen LogP contribution in [0.15, 0.2) is 0 Å². The van der Waals surface area contributed by atoms with Gasteiger partial charge in [-0.3, -0.25) is 9.59 Å². The summed E-state index contributed by atoms with van der Waals surface area (Å²) in [5, 5.41) is 21.0. The van der Waals surface area contributed by atoms with Crippen LogP contribution in [0.25, 0.3) is 0 Å². The molecule has 1 unspecified atom stereocenters. The van der Waals surface area contributed by atoms with E-state index in [4.69, 9.17) is 0 Å². The zero-order valence-corrected chi connectivity index (χ0v) is 15.9. The molecule has 9 heteroatoms. The minimum atomic E-state index is -1.50. The summed E-state index contributed by atoms with van der Waals surface area (Å²) >= 11 is 1.30. The Morgan fingerprint density at radius 1 is 1.23 bits per heavy atom. The first-order valence-corrected chi connectivity index (χ1v) is 9.51. The molecule has 1 N–H and O–H groups in total. The van der Waals surface area contributed by atoms with Crippen molar-refractivity contribution in [2.24, 2.45) is 0 Å². The minimum absolute atomic E-state index is 0.0635. The monoisotopic (exact) mass is 377 g/mol. The first-order chi connectivity index (χ1) is 12.4. The van der Waals surface area contributed by atoms with Crippen molar-refractivity contribution < 1.29 is 14.7 Å². The van der Waals surface area contributed by atoms with Gasteiger partial charge in [0.15, 0.2) is 5.60 Å². The van der Waals surface area contributed by atoms with Crippen LogP contribution in [0.4, 0.5) is 5.00 Å². The summed E-state index contributed by atoms with van der Waals surface area (Å²) in [6, 6.07) is 2.20. The third kappa shape index (κ3) is 3.39. The molecule has 0 saturated carbocycles. The third-order valence-electron chi connectivity index (χ3n) is 5.12. The van der Waals surface area contributed by atoms with E-state index in [2.05, 4.69) is 15.3 Å². The van der Waals surface area contributed by atoms with Gasteiger partial charge >= 0.3 is 0 Å². The van der Waals surface area contributed by atoms with Gasteiger partial charge in [0.25, 0.3) is 5.91 Å². The predicted octanol–water partition coefficient (Wildman–Crippen LogP) is 0.345. The number of anilines is 1. The number of piperazine rings is 1. The Balaban J connectivity index is 1.65. The van der Waals surface area contributed by atoms with E-state index in [1.54, 1.807) is 4.90 Å². The van der Waals surface area contributed by atoms with Crippen molar-refractivity contribution in [3.05, 3.63) is 11.3 Å². The van der Waals surface area contributed by atoms with Crippen LogP contribution in [0.3, 0.4) is 0 Å². The van der Waals surface area contributed by atoms with Crippen molar-refractivity contribution in [1.82, 2.24) is 14.2 Å². The first-order valence-electron chi connectivity index (χ1n) is 8.74. The second-order valence-electron chi connectivity index (χ2n) is 6.91. The SMILES string of the molecule is CC(=O)N1CCCC(O)(C(=O)N2CCN(c3snc(C)c3C#N)CC2)C1. The smallest absolute Gasteiger partial charge is 0.256 e. The van der Waals surface area contributed by atoms with Gasteiger partial charge in [0.2, 0.25) is 5.91 Å². The van der Waals surface area contributed by atoms with Crippen LogP contribution in [-0.2, 0) is 9.59 Å². The van der Waals surface area contributed by atoms with Crippen LogP contribution in [0.1, 0.15) is 31.0 Å². The van der Waals surface area contributed by atoms with E-state index in [0.717, 1.165) is 10.7 Å². The molecule has 1 aromatic rings. The number of aromatic nitrogens is 1. The fourth-order valence-electron chi connectivity index (χ4n) is 3.59. The summed E-state index contributed by atoms with van der Waals surface area (Å²) in [6.45, 7) is 6.06. The molecule has 0 aliphatic carbocycles. The molecule has 140 valence electrons. The number of nitrogens with zero attached hydrogens (tertiary/aromatic N) is 5. The molecule has 2 aliphatic heterocycles. The number of β-amino-alcohol motifs (C(OH)–C–C–N with tert-alkyl or cyclic N) is 1. The quantitative estimate of drug-likeness (QED) is 0.798. The lowest BCUT2D eigenvalue weighted by molar-refractivity contribution is -0.160. The van der Waals surface area contributed by atoms with Crippen molar-refractivity contribution in [3.63, 3.8) is 0 Å². The van der Waals surface area contributed by atoms with E-state index in [0.29, 0.717) is 51.1 Å². The van der Waals surface area contributed by atoms with Gasteiger partial charge in [0.1, 0.15) is 16.6 Å². The third-order valence-corrected chi connectivity index (χ3v) is 6.13. The van der Waals surface area contributed by atoms with E-state index in [1.807, 2.05) is 6.92 Å². The fourth-order valence-corrected chi connectivity index (χ4v) is 4.49. The maximum Gasteiger partial charge on any atom is 0.256 e.